The van der Waals surface area contributed by atoms with Gasteiger partial charge in [-0.15, -0.1) is 0 Å². The molecule has 3 unspecified atom stereocenters. The molecule has 1 aliphatic rings. The van der Waals surface area contributed by atoms with E-state index in [0.717, 1.165) is 31.2 Å². The molecule has 3 N–H and O–H groups in total. The third kappa shape index (κ3) is 4.97. The lowest BCUT2D eigenvalue weighted by Crippen LogP contribution is -2.36. The smallest absolute Gasteiger partial charge is 0.217 e. The summed E-state index contributed by atoms with van der Waals surface area (Å²) in [6.07, 6.45) is 6.46. The molecule has 0 aromatic heterocycles. The van der Waals surface area contributed by atoms with Crippen LogP contribution in [0.25, 0.3) is 0 Å². The van der Waals surface area contributed by atoms with Crippen LogP contribution < -0.4 is 11.1 Å². The summed E-state index contributed by atoms with van der Waals surface area (Å²) >= 11 is 0. The van der Waals surface area contributed by atoms with E-state index in [2.05, 4.69) is 19.2 Å². The zero-order valence-electron chi connectivity index (χ0n) is 10.7. The molecular weight excluding hydrogens is 200 g/mol. The summed E-state index contributed by atoms with van der Waals surface area (Å²) in [6.45, 7) is 5.73. The minimum atomic E-state index is -0.180. The number of hydrogen-bond acceptors (Lipinski definition) is 2. The summed E-state index contributed by atoms with van der Waals surface area (Å²) < 4.78 is 0. The number of primary amides is 1. The first-order valence-electron chi connectivity index (χ1n) is 6.61. The Morgan fingerprint density at radius 2 is 2.00 bits per heavy atom. The van der Waals surface area contributed by atoms with E-state index in [1.807, 2.05) is 0 Å². The number of carbonyl (C=O) groups is 1. The highest BCUT2D eigenvalue weighted by Gasteiger charge is 2.23. The molecule has 0 bridgehead atoms. The molecule has 0 radical (unpaired) electrons. The van der Waals surface area contributed by atoms with Crippen LogP contribution in [0.5, 0.6) is 0 Å². The molecule has 3 atom stereocenters. The molecule has 16 heavy (non-hydrogen) atoms. The van der Waals surface area contributed by atoms with Crippen molar-refractivity contribution in [2.75, 3.05) is 6.54 Å². The quantitative estimate of drug-likeness (QED) is 0.681. The SMILES string of the molecule is CC1CCC(NCCCCC(N)=O)CC1C. The van der Waals surface area contributed by atoms with Gasteiger partial charge >= 0.3 is 0 Å². The summed E-state index contributed by atoms with van der Waals surface area (Å²) in [5, 5.41) is 3.59. The van der Waals surface area contributed by atoms with Gasteiger partial charge in [0.25, 0.3) is 0 Å². The monoisotopic (exact) mass is 226 g/mol. The number of rotatable bonds is 6. The molecule has 0 aromatic carbocycles. The van der Waals surface area contributed by atoms with Crippen molar-refractivity contribution in [2.45, 2.75) is 58.4 Å². The molecule has 0 aliphatic heterocycles. The maximum atomic E-state index is 10.5. The third-order valence-corrected chi connectivity index (χ3v) is 3.88. The van der Waals surface area contributed by atoms with Crippen LogP contribution in [-0.4, -0.2) is 18.5 Å². The molecular formula is C13H26N2O. The van der Waals surface area contributed by atoms with Crippen molar-refractivity contribution in [1.82, 2.24) is 5.32 Å². The maximum absolute atomic E-state index is 10.5. The van der Waals surface area contributed by atoms with E-state index in [0.29, 0.717) is 12.5 Å². The highest BCUT2D eigenvalue weighted by Crippen LogP contribution is 2.29. The topological polar surface area (TPSA) is 55.1 Å². The van der Waals surface area contributed by atoms with Gasteiger partial charge in [-0.2, -0.15) is 0 Å². The van der Waals surface area contributed by atoms with E-state index in [1.165, 1.54) is 19.3 Å². The fourth-order valence-electron chi connectivity index (χ4n) is 2.46. The van der Waals surface area contributed by atoms with Crippen LogP contribution in [-0.2, 0) is 4.79 Å². The lowest BCUT2D eigenvalue weighted by molar-refractivity contribution is -0.118. The Morgan fingerprint density at radius 3 is 2.62 bits per heavy atom. The van der Waals surface area contributed by atoms with Gasteiger partial charge in [-0.05, 0) is 50.5 Å². The molecule has 94 valence electrons. The first kappa shape index (κ1) is 13.5. The van der Waals surface area contributed by atoms with Crippen LogP contribution in [0.4, 0.5) is 0 Å². The Balaban J connectivity index is 2.03. The van der Waals surface area contributed by atoms with Gasteiger partial charge < -0.3 is 11.1 Å². The normalized spacial score (nSPS) is 30.2. The Morgan fingerprint density at radius 1 is 1.25 bits per heavy atom. The summed E-state index contributed by atoms with van der Waals surface area (Å²) in [4.78, 5) is 10.5. The molecule has 0 saturated heterocycles. The average molecular weight is 226 g/mol. The van der Waals surface area contributed by atoms with Gasteiger partial charge in [0.2, 0.25) is 5.91 Å². The van der Waals surface area contributed by atoms with Crippen molar-refractivity contribution >= 4 is 5.91 Å². The number of unbranched alkanes of at least 4 members (excludes halogenated alkanes) is 1. The van der Waals surface area contributed by atoms with Crippen molar-refractivity contribution in [1.29, 1.82) is 0 Å². The molecule has 1 fully saturated rings. The fraction of sp³-hybridized carbons (Fsp3) is 0.923. The summed E-state index contributed by atoms with van der Waals surface area (Å²) in [5.41, 5.74) is 5.09. The zero-order chi connectivity index (χ0) is 12.0. The third-order valence-electron chi connectivity index (χ3n) is 3.88. The lowest BCUT2D eigenvalue weighted by Gasteiger charge is -2.32. The largest absolute Gasteiger partial charge is 0.370 e. The summed E-state index contributed by atoms with van der Waals surface area (Å²) in [6, 6.07) is 0.694. The van der Waals surface area contributed by atoms with Gasteiger partial charge in [0, 0.05) is 12.5 Å². The lowest BCUT2D eigenvalue weighted by atomic mass is 9.79. The molecule has 0 aromatic rings. The molecule has 3 heteroatoms. The van der Waals surface area contributed by atoms with Crippen LogP contribution in [0.2, 0.25) is 0 Å². The van der Waals surface area contributed by atoms with Crippen LogP contribution >= 0.6 is 0 Å². The molecule has 3 nitrogen and oxygen atoms in total. The number of nitrogens with two attached hydrogens (primary N) is 1. The molecule has 1 saturated carbocycles. The fourth-order valence-corrected chi connectivity index (χ4v) is 2.46. The van der Waals surface area contributed by atoms with Crippen LogP contribution in [0.3, 0.4) is 0 Å². The van der Waals surface area contributed by atoms with Gasteiger partial charge in [0.15, 0.2) is 0 Å². The van der Waals surface area contributed by atoms with E-state index in [4.69, 9.17) is 5.73 Å². The van der Waals surface area contributed by atoms with Crippen molar-refractivity contribution in [3.8, 4) is 0 Å². The average Bonchev–Trinajstić information content (AvgIpc) is 2.22. The van der Waals surface area contributed by atoms with Crippen molar-refractivity contribution in [2.24, 2.45) is 17.6 Å². The summed E-state index contributed by atoms with van der Waals surface area (Å²) in [7, 11) is 0. The van der Waals surface area contributed by atoms with Gasteiger partial charge in [0.05, 0.1) is 0 Å². The second-order valence-corrected chi connectivity index (χ2v) is 5.34. The molecule has 1 rings (SSSR count). The predicted molar refractivity (Wildman–Crippen MR) is 67.0 cm³/mol. The van der Waals surface area contributed by atoms with Crippen molar-refractivity contribution in [3.05, 3.63) is 0 Å². The van der Waals surface area contributed by atoms with E-state index in [9.17, 15) is 4.79 Å². The summed E-state index contributed by atoms with van der Waals surface area (Å²) in [5.74, 6) is 1.55. The van der Waals surface area contributed by atoms with Crippen LogP contribution in [0, 0.1) is 11.8 Å². The van der Waals surface area contributed by atoms with E-state index >= 15 is 0 Å². The number of nitrogens with one attached hydrogen (secondary N) is 1. The molecule has 0 spiro atoms. The number of hydrogen-bond donors (Lipinski definition) is 2. The first-order chi connectivity index (χ1) is 7.59. The van der Waals surface area contributed by atoms with Crippen molar-refractivity contribution < 1.29 is 4.79 Å². The van der Waals surface area contributed by atoms with Gasteiger partial charge in [-0.1, -0.05) is 13.8 Å². The second kappa shape index (κ2) is 6.89. The minimum absolute atomic E-state index is 0.180. The van der Waals surface area contributed by atoms with E-state index < -0.39 is 0 Å². The predicted octanol–water partition coefficient (Wildman–Crippen LogP) is 2.06. The molecule has 1 amide bonds. The van der Waals surface area contributed by atoms with Crippen molar-refractivity contribution in [3.63, 3.8) is 0 Å². The Hall–Kier alpha value is -0.570. The maximum Gasteiger partial charge on any atom is 0.217 e. The highest BCUT2D eigenvalue weighted by atomic mass is 16.1. The number of carbonyl (C=O) groups excluding carboxylic acids is 1. The standard InChI is InChI=1S/C13H26N2O/c1-10-6-7-12(9-11(10)2)15-8-4-3-5-13(14)16/h10-12,15H,3-9H2,1-2H3,(H2,14,16). The Labute approximate surface area is 99.2 Å². The highest BCUT2D eigenvalue weighted by molar-refractivity contribution is 5.73. The zero-order valence-corrected chi connectivity index (χ0v) is 10.7. The Bertz CT molecular complexity index is 218. The second-order valence-electron chi connectivity index (χ2n) is 5.34. The minimum Gasteiger partial charge on any atom is -0.370 e. The van der Waals surface area contributed by atoms with Crippen LogP contribution in [0.15, 0.2) is 0 Å². The molecule has 1 aliphatic carbocycles. The van der Waals surface area contributed by atoms with Gasteiger partial charge in [-0.25, -0.2) is 0 Å². The van der Waals surface area contributed by atoms with Gasteiger partial charge in [-0.3, -0.25) is 4.79 Å². The van der Waals surface area contributed by atoms with Crippen LogP contribution in [0.1, 0.15) is 52.4 Å². The van der Waals surface area contributed by atoms with Gasteiger partial charge in [0.1, 0.15) is 0 Å². The molecule has 0 heterocycles. The first-order valence-corrected chi connectivity index (χ1v) is 6.61. The van der Waals surface area contributed by atoms with E-state index in [-0.39, 0.29) is 5.91 Å². The number of amides is 1. The van der Waals surface area contributed by atoms with E-state index in [1.54, 1.807) is 0 Å². The Kier molecular flexibility index (Phi) is 5.81.